The first-order valence-corrected chi connectivity index (χ1v) is 7.99. The van der Waals surface area contributed by atoms with Gasteiger partial charge in [-0.2, -0.15) is 0 Å². The molecule has 0 aromatic heterocycles. The van der Waals surface area contributed by atoms with Gasteiger partial charge in [0.2, 0.25) is 11.8 Å². The number of benzene rings is 2. The number of hydrogen-bond donors (Lipinski definition) is 2. The van der Waals surface area contributed by atoms with E-state index in [4.69, 9.17) is 16.3 Å². The van der Waals surface area contributed by atoms with Gasteiger partial charge in [-0.1, -0.05) is 29.8 Å². The van der Waals surface area contributed by atoms with Crippen LogP contribution in [0.15, 0.2) is 42.5 Å². The van der Waals surface area contributed by atoms with Gasteiger partial charge in [0.25, 0.3) is 0 Å². The minimum absolute atomic E-state index is 0.0335. The predicted molar refractivity (Wildman–Crippen MR) is 93.5 cm³/mol. The van der Waals surface area contributed by atoms with Gasteiger partial charge in [-0.15, -0.1) is 0 Å². The lowest BCUT2D eigenvalue weighted by atomic mass is 10.0. The maximum absolute atomic E-state index is 12.3. The number of rotatable bonds is 3. The summed E-state index contributed by atoms with van der Waals surface area (Å²) in [4.78, 5) is 24.6. The zero-order chi connectivity index (χ0) is 17.1. The summed E-state index contributed by atoms with van der Waals surface area (Å²) in [6.45, 7) is 2.04. The summed E-state index contributed by atoms with van der Waals surface area (Å²) < 4.78 is 5.64. The zero-order valence-corrected chi connectivity index (χ0v) is 13.9. The summed E-state index contributed by atoms with van der Waals surface area (Å²) in [5.41, 5.74) is 2.17. The fourth-order valence-electron chi connectivity index (χ4n) is 2.50. The minimum atomic E-state index is -0.558. The van der Waals surface area contributed by atoms with E-state index in [1.165, 1.54) is 0 Å². The highest BCUT2D eigenvalue weighted by molar-refractivity contribution is 6.31. The van der Waals surface area contributed by atoms with Gasteiger partial charge in [0.15, 0.2) is 0 Å². The molecular weight excluding hydrogens is 328 g/mol. The second-order valence-corrected chi connectivity index (χ2v) is 6.14. The predicted octanol–water partition coefficient (Wildman–Crippen LogP) is 3.62. The van der Waals surface area contributed by atoms with E-state index in [0.717, 1.165) is 5.56 Å². The normalized spacial score (nSPS) is 16.4. The second kappa shape index (κ2) is 6.93. The molecular formula is C18H17ClN2O3. The Morgan fingerprint density at radius 1 is 1.33 bits per heavy atom. The monoisotopic (exact) mass is 344 g/mol. The molecule has 0 saturated carbocycles. The molecule has 1 heterocycles. The molecule has 3 rings (SSSR count). The van der Waals surface area contributed by atoms with Gasteiger partial charge in [0.05, 0.1) is 11.6 Å². The standard InChI is InChI=1S/C18H17ClN2O3/c1-11-6-7-13(19)9-15(11)20-17(22)8-12-10-24-16-5-3-2-4-14(16)21-18(12)23/h2-7,9,12H,8,10H2,1H3,(H,20,22)(H,21,23)/t12-/m0/s1. The summed E-state index contributed by atoms with van der Waals surface area (Å²) in [7, 11) is 0. The molecule has 2 aromatic carbocycles. The van der Waals surface area contributed by atoms with E-state index in [2.05, 4.69) is 10.6 Å². The van der Waals surface area contributed by atoms with E-state index in [1.807, 2.05) is 25.1 Å². The fraction of sp³-hybridized carbons (Fsp3) is 0.222. The van der Waals surface area contributed by atoms with Crippen molar-refractivity contribution in [2.45, 2.75) is 13.3 Å². The van der Waals surface area contributed by atoms with E-state index in [1.54, 1.807) is 24.3 Å². The number of hydrogen-bond acceptors (Lipinski definition) is 3. The molecule has 124 valence electrons. The van der Waals surface area contributed by atoms with Crippen LogP contribution in [0, 0.1) is 12.8 Å². The molecule has 0 bridgehead atoms. The van der Waals surface area contributed by atoms with Crippen molar-refractivity contribution < 1.29 is 14.3 Å². The highest BCUT2D eigenvalue weighted by Crippen LogP contribution is 2.28. The lowest BCUT2D eigenvalue weighted by Crippen LogP contribution is -2.29. The Bertz CT molecular complexity index is 792. The Kier molecular flexibility index (Phi) is 4.71. The molecule has 1 aliphatic rings. The van der Waals surface area contributed by atoms with Crippen molar-refractivity contribution in [2.24, 2.45) is 5.92 Å². The van der Waals surface area contributed by atoms with E-state index in [9.17, 15) is 9.59 Å². The molecule has 0 spiro atoms. The van der Waals surface area contributed by atoms with Crippen molar-refractivity contribution in [3.63, 3.8) is 0 Å². The summed E-state index contributed by atoms with van der Waals surface area (Å²) in [5.74, 6) is -0.427. The van der Waals surface area contributed by atoms with Gasteiger partial charge in [0.1, 0.15) is 12.4 Å². The van der Waals surface area contributed by atoms with E-state index in [-0.39, 0.29) is 24.8 Å². The maximum atomic E-state index is 12.3. The molecule has 2 aromatic rings. The van der Waals surface area contributed by atoms with Crippen LogP contribution in [-0.2, 0) is 9.59 Å². The lowest BCUT2D eigenvalue weighted by molar-refractivity contribution is -0.125. The van der Waals surface area contributed by atoms with Crippen LogP contribution in [0.3, 0.4) is 0 Å². The van der Waals surface area contributed by atoms with Crippen molar-refractivity contribution in [3.8, 4) is 5.75 Å². The first kappa shape index (κ1) is 16.3. The number of para-hydroxylation sites is 2. The van der Waals surface area contributed by atoms with Gasteiger partial charge in [0, 0.05) is 17.1 Å². The topological polar surface area (TPSA) is 67.4 Å². The van der Waals surface area contributed by atoms with Crippen molar-refractivity contribution >= 4 is 34.8 Å². The molecule has 0 radical (unpaired) electrons. The smallest absolute Gasteiger partial charge is 0.231 e. The third kappa shape index (κ3) is 3.68. The highest BCUT2D eigenvalue weighted by atomic mass is 35.5. The number of nitrogens with one attached hydrogen (secondary N) is 2. The zero-order valence-electron chi connectivity index (χ0n) is 13.1. The molecule has 24 heavy (non-hydrogen) atoms. The Hall–Kier alpha value is -2.53. The molecule has 0 fully saturated rings. The average Bonchev–Trinajstić information content (AvgIpc) is 2.70. The Morgan fingerprint density at radius 2 is 2.12 bits per heavy atom. The summed E-state index contributed by atoms with van der Waals surface area (Å²) >= 11 is 5.95. The number of amides is 2. The molecule has 6 heteroatoms. The third-order valence-corrected chi connectivity index (χ3v) is 4.10. The van der Waals surface area contributed by atoms with Crippen LogP contribution in [0.1, 0.15) is 12.0 Å². The minimum Gasteiger partial charge on any atom is -0.491 e. The molecule has 2 amide bonds. The van der Waals surface area contributed by atoms with Crippen LogP contribution in [0.25, 0.3) is 0 Å². The molecule has 1 aliphatic heterocycles. The summed E-state index contributed by atoms with van der Waals surface area (Å²) in [6.07, 6.45) is 0.0335. The van der Waals surface area contributed by atoms with E-state index < -0.39 is 5.92 Å². The highest BCUT2D eigenvalue weighted by Gasteiger charge is 2.27. The number of carbonyl (C=O) groups is 2. The van der Waals surface area contributed by atoms with Gasteiger partial charge < -0.3 is 15.4 Å². The Morgan fingerprint density at radius 3 is 2.96 bits per heavy atom. The molecule has 0 aliphatic carbocycles. The molecule has 1 atom stereocenters. The van der Waals surface area contributed by atoms with Crippen LogP contribution in [0.2, 0.25) is 5.02 Å². The summed E-state index contributed by atoms with van der Waals surface area (Å²) in [6, 6.07) is 12.5. The average molecular weight is 345 g/mol. The van der Waals surface area contributed by atoms with E-state index >= 15 is 0 Å². The number of anilines is 2. The summed E-state index contributed by atoms with van der Waals surface area (Å²) in [5, 5.41) is 6.14. The van der Waals surface area contributed by atoms with Crippen LogP contribution in [-0.4, -0.2) is 18.4 Å². The maximum Gasteiger partial charge on any atom is 0.231 e. The van der Waals surface area contributed by atoms with Gasteiger partial charge in [-0.3, -0.25) is 9.59 Å². The van der Waals surface area contributed by atoms with Crippen LogP contribution in [0.4, 0.5) is 11.4 Å². The van der Waals surface area contributed by atoms with Crippen molar-refractivity contribution in [2.75, 3.05) is 17.2 Å². The van der Waals surface area contributed by atoms with Crippen molar-refractivity contribution in [3.05, 3.63) is 53.1 Å². The van der Waals surface area contributed by atoms with E-state index in [0.29, 0.717) is 22.1 Å². The van der Waals surface area contributed by atoms with Crippen LogP contribution in [0.5, 0.6) is 5.75 Å². The number of fused-ring (bicyclic) bond motifs is 1. The molecule has 0 saturated heterocycles. The number of aryl methyl sites for hydroxylation is 1. The molecule has 5 nitrogen and oxygen atoms in total. The van der Waals surface area contributed by atoms with Gasteiger partial charge in [-0.05, 0) is 36.8 Å². The lowest BCUT2D eigenvalue weighted by Gasteiger charge is -2.14. The van der Waals surface area contributed by atoms with Crippen molar-refractivity contribution in [1.29, 1.82) is 0 Å². The fourth-order valence-corrected chi connectivity index (χ4v) is 2.67. The van der Waals surface area contributed by atoms with Gasteiger partial charge >= 0.3 is 0 Å². The molecule has 2 N–H and O–H groups in total. The number of halogens is 1. The van der Waals surface area contributed by atoms with Crippen molar-refractivity contribution in [1.82, 2.24) is 0 Å². The third-order valence-electron chi connectivity index (χ3n) is 3.86. The first-order chi connectivity index (χ1) is 11.5. The van der Waals surface area contributed by atoms with Gasteiger partial charge in [-0.25, -0.2) is 0 Å². The van der Waals surface area contributed by atoms with Crippen LogP contribution >= 0.6 is 11.6 Å². The van der Waals surface area contributed by atoms with Crippen LogP contribution < -0.4 is 15.4 Å². The molecule has 0 unspecified atom stereocenters. The Labute approximate surface area is 145 Å². The quantitative estimate of drug-likeness (QED) is 0.893. The Balaban J connectivity index is 1.66. The first-order valence-electron chi connectivity index (χ1n) is 7.61. The SMILES string of the molecule is Cc1ccc(Cl)cc1NC(=O)C[C@H]1COc2ccccc2NC1=O. The second-order valence-electron chi connectivity index (χ2n) is 5.70. The number of ether oxygens (including phenoxy) is 1. The number of carbonyl (C=O) groups excluding carboxylic acids is 2. The largest absolute Gasteiger partial charge is 0.491 e.